The average Bonchev–Trinajstić information content (AvgIpc) is 2.68. The van der Waals surface area contributed by atoms with E-state index in [1.807, 2.05) is 6.07 Å². The minimum Gasteiger partial charge on any atom is -0.491 e. The van der Waals surface area contributed by atoms with Crippen LogP contribution in [-0.2, 0) is 14.3 Å². The zero-order chi connectivity index (χ0) is 21.4. The number of hydrogen-bond donors (Lipinski definition) is 0. The van der Waals surface area contributed by atoms with Crippen LogP contribution in [0.3, 0.4) is 0 Å². The molecule has 152 valence electrons. The number of carbonyl (C=O) groups is 2. The normalized spacial score (nSPS) is 10.2. The number of methoxy groups -OCH3 is 1. The summed E-state index contributed by atoms with van der Waals surface area (Å²) in [5.41, 5.74) is 2.20. The Morgan fingerprint density at radius 2 is 1.31 bits per heavy atom. The van der Waals surface area contributed by atoms with E-state index >= 15 is 0 Å². The van der Waals surface area contributed by atoms with Crippen molar-refractivity contribution in [2.24, 2.45) is 0 Å². The second kappa shape index (κ2) is 10.2. The maximum Gasteiger partial charge on any atom is 0.338 e. The molecule has 0 bridgehead atoms. The molecule has 2 aromatic rings. The third kappa shape index (κ3) is 6.62. The third-order valence-corrected chi connectivity index (χ3v) is 3.74. The molecule has 0 fully saturated rings. The molecule has 0 amide bonds. The first kappa shape index (κ1) is 21.9. The van der Waals surface area contributed by atoms with Gasteiger partial charge < -0.3 is 18.9 Å². The van der Waals surface area contributed by atoms with Crippen molar-refractivity contribution < 1.29 is 28.5 Å². The molecule has 0 saturated carbocycles. The van der Waals surface area contributed by atoms with Crippen LogP contribution in [0.4, 0.5) is 0 Å². The molecule has 0 saturated heterocycles. The molecule has 0 aliphatic heterocycles. The largest absolute Gasteiger partial charge is 0.491 e. The lowest BCUT2D eigenvalue weighted by Crippen LogP contribution is -2.09. The summed E-state index contributed by atoms with van der Waals surface area (Å²) in [6.07, 6.45) is 0. The molecule has 0 unspecified atom stereocenters. The molecule has 0 aliphatic rings. The van der Waals surface area contributed by atoms with E-state index in [1.165, 1.54) is 0 Å². The van der Waals surface area contributed by atoms with Gasteiger partial charge in [-0.2, -0.15) is 0 Å². The van der Waals surface area contributed by atoms with Crippen molar-refractivity contribution in [3.63, 3.8) is 0 Å². The molecule has 2 aromatic carbocycles. The van der Waals surface area contributed by atoms with Gasteiger partial charge in [0.15, 0.2) is 0 Å². The lowest BCUT2D eigenvalue weighted by Gasteiger charge is -2.12. The van der Waals surface area contributed by atoms with Crippen LogP contribution in [0, 0.1) is 0 Å². The standard InChI is InChI=1S/C23H24O6/c1-15(2)22(24)28-19-8-6-17(7-9-19)18-12-20(27-11-10-26-5)14-21(13-18)29-23(25)16(3)4/h6-9,12-14H,1,3,10-11H2,2,4-5H3. The molecule has 2 rings (SSSR count). The summed E-state index contributed by atoms with van der Waals surface area (Å²) in [4.78, 5) is 23.5. The lowest BCUT2D eigenvalue weighted by atomic mass is 10.0. The van der Waals surface area contributed by atoms with Gasteiger partial charge in [-0.25, -0.2) is 9.59 Å². The number of ether oxygens (including phenoxy) is 4. The Labute approximate surface area is 170 Å². The molecular weight excluding hydrogens is 372 g/mol. The van der Waals surface area contributed by atoms with Crippen molar-refractivity contribution in [1.82, 2.24) is 0 Å². The Hall–Kier alpha value is -3.38. The SMILES string of the molecule is C=C(C)C(=O)Oc1ccc(-c2cc(OCCOC)cc(OC(=O)C(=C)C)c2)cc1. The van der Waals surface area contributed by atoms with Gasteiger partial charge in [-0.15, -0.1) is 0 Å². The Morgan fingerprint density at radius 3 is 1.86 bits per heavy atom. The van der Waals surface area contributed by atoms with Gasteiger partial charge in [-0.05, 0) is 49.2 Å². The highest BCUT2D eigenvalue weighted by Crippen LogP contribution is 2.31. The molecule has 0 aromatic heterocycles. The van der Waals surface area contributed by atoms with Crippen LogP contribution >= 0.6 is 0 Å². The maximum atomic E-state index is 11.9. The number of carbonyl (C=O) groups excluding carboxylic acids is 2. The van der Waals surface area contributed by atoms with Gasteiger partial charge in [0.05, 0.1) is 6.61 Å². The number of esters is 2. The van der Waals surface area contributed by atoms with Crippen molar-refractivity contribution >= 4 is 11.9 Å². The zero-order valence-corrected chi connectivity index (χ0v) is 16.8. The number of benzene rings is 2. The molecule has 0 aliphatic carbocycles. The fourth-order valence-corrected chi connectivity index (χ4v) is 2.23. The molecule has 6 nitrogen and oxygen atoms in total. The number of hydrogen-bond acceptors (Lipinski definition) is 6. The minimum atomic E-state index is -0.521. The first-order valence-electron chi connectivity index (χ1n) is 8.92. The second-order valence-electron chi connectivity index (χ2n) is 6.40. The summed E-state index contributed by atoms with van der Waals surface area (Å²) in [6, 6.07) is 12.1. The fourth-order valence-electron chi connectivity index (χ4n) is 2.23. The van der Waals surface area contributed by atoms with Crippen LogP contribution in [0.25, 0.3) is 11.1 Å². The zero-order valence-electron chi connectivity index (χ0n) is 16.8. The van der Waals surface area contributed by atoms with E-state index in [1.54, 1.807) is 57.4 Å². The van der Waals surface area contributed by atoms with E-state index in [9.17, 15) is 9.59 Å². The fraction of sp³-hybridized carbons (Fsp3) is 0.217. The predicted octanol–water partition coefficient (Wildman–Crippen LogP) is 4.34. The van der Waals surface area contributed by atoms with Gasteiger partial charge in [-0.1, -0.05) is 25.3 Å². The van der Waals surface area contributed by atoms with Gasteiger partial charge in [0, 0.05) is 24.3 Å². The minimum absolute atomic E-state index is 0.293. The van der Waals surface area contributed by atoms with Crippen LogP contribution in [-0.4, -0.2) is 32.3 Å². The van der Waals surface area contributed by atoms with Gasteiger partial charge in [0.1, 0.15) is 23.9 Å². The van der Waals surface area contributed by atoms with Crippen molar-refractivity contribution in [2.45, 2.75) is 13.8 Å². The highest BCUT2D eigenvalue weighted by Gasteiger charge is 2.11. The lowest BCUT2D eigenvalue weighted by molar-refractivity contribution is -0.130. The van der Waals surface area contributed by atoms with E-state index in [4.69, 9.17) is 18.9 Å². The van der Waals surface area contributed by atoms with Crippen molar-refractivity contribution in [1.29, 1.82) is 0 Å². The average molecular weight is 396 g/mol. The van der Waals surface area contributed by atoms with E-state index in [0.29, 0.717) is 41.6 Å². The molecule has 0 N–H and O–H groups in total. The molecule has 29 heavy (non-hydrogen) atoms. The Kier molecular flexibility index (Phi) is 7.74. The Balaban J connectivity index is 2.30. The predicted molar refractivity (Wildman–Crippen MR) is 110 cm³/mol. The van der Waals surface area contributed by atoms with Gasteiger partial charge >= 0.3 is 11.9 Å². The Morgan fingerprint density at radius 1 is 0.759 bits per heavy atom. The first-order valence-corrected chi connectivity index (χ1v) is 8.92. The summed E-state index contributed by atoms with van der Waals surface area (Å²) < 4.78 is 21.2. The second-order valence-corrected chi connectivity index (χ2v) is 6.40. The topological polar surface area (TPSA) is 71.1 Å². The van der Waals surface area contributed by atoms with Crippen LogP contribution < -0.4 is 14.2 Å². The summed E-state index contributed by atoms with van der Waals surface area (Å²) >= 11 is 0. The summed E-state index contributed by atoms with van der Waals surface area (Å²) in [5.74, 6) is 0.262. The molecule has 0 spiro atoms. The molecule has 0 radical (unpaired) electrons. The monoisotopic (exact) mass is 396 g/mol. The Bertz CT molecular complexity index is 911. The summed E-state index contributed by atoms with van der Waals surface area (Å²) in [5, 5.41) is 0. The van der Waals surface area contributed by atoms with Gasteiger partial charge in [-0.3, -0.25) is 0 Å². The summed E-state index contributed by atoms with van der Waals surface area (Å²) in [6.45, 7) is 11.1. The quantitative estimate of drug-likeness (QED) is 0.272. The van der Waals surface area contributed by atoms with Gasteiger partial charge in [0.25, 0.3) is 0 Å². The maximum absolute atomic E-state index is 11.9. The molecular formula is C23H24O6. The third-order valence-electron chi connectivity index (χ3n) is 3.74. The van der Waals surface area contributed by atoms with Crippen LogP contribution in [0.1, 0.15) is 13.8 Å². The van der Waals surface area contributed by atoms with E-state index in [2.05, 4.69) is 13.2 Å². The van der Waals surface area contributed by atoms with Crippen LogP contribution in [0.5, 0.6) is 17.2 Å². The van der Waals surface area contributed by atoms with Crippen molar-refractivity contribution in [3.05, 3.63) is 66.8 Å². The van der Waals surface area contributed by atoms with E-state index in [-0.39, 0.29) is 0 Å². The highest BCUT2D eigenvalue weighted by atomic mass is 16.5. The van der Waals surface area contributed by atoms with Gasteiger partial charge in [0.2, 0.25) is 0 Å². The number of rotatable bonds is 9. The van der Waals surface area contributed by atoms with Crippen molar-refractivity contribution in [2.75, 3.05) is 20.3 Å². The smallest absolute Gasteiger partial charge is 0.338 e. The van der Waals surface area contributed by atoms with E-state index in [0.717, 1.165) is 11.1 Å². The first-order chi connectivity index (χ1) is 13.8. The van der Waals surface area contributed by atoms with Crippen molar-refractivity contribution in [3.8, 4) is 28.4 Å². The molecule has 6 heteroatoms. The molecule has 0 atom stereocenters. The highest BCUT2D eigenvalue weighted by molar-refractivity contribution is 5.89. The summed E-state index contributed by atoms with van der Waals surface area (Å²) in [7, 11) is 1.59. The van der Waals surface area contributed by atoms with E-state index < -0.39 is 11.9 Å². The van der Waals surface area contributed by atoms with Crippen LogP contribution in [0.2, 0.25) is 0 Å². The van der Waals surface area contributed by atoms with Crippen LogP contribution in [0.15, 0.2) is 66.8 Å². The molecule has 0 heterocycles.